The van der Waals surface area contributed by atoms with Gasteiger partial charge in [0.2, 0.25) is 5.88 Å². The van der Waals surface area contributed by atoms with Crippen LogP contribution in [0.5, 0.6) is 5.88 Å². The van der Waals surface area contributed by atoms with Gasteiger partial charge in [0.15, 0.2) is 0 Å². The maximum absolute atomic E-state index is 5.67. The van der Waals surface area contributed by atoms with Crippen LogP contribution >= 0.6 is 0 Å². The van der Waals surface area contributed by atoms with Gasteiger partial charge in [-0.25, -0.2) is 4.98 Å². The van der Waals surface area contributed by atoms with Crippen LogP contribution in [-0.4, -0.2) is 35.3 Å². The SMILES string of the molecule is CC(C)NCc1cncc(OCC2CCCCO2)n1. The van der Waals surface area contributed by atoms with Crippen molar-refractivity contribution in [1.82, 2.24) is 15.3 Å². The summed E-state index contributed by atoms with van der Waals surface area (Å²) in [7, 11) is 0. The highest BCUT2D eigenvalue weighted by molar-refractivity contribution is 5.08. The van der Waals surface area contributed by atoms with Gasteiger partial charge in [-0.3, -0.25) is 4.98 Å². The fourth-order valence-electron chi connectivity index (χ4n) is 1.97. The summed E-state index contributed by atoms with van der Waals surface area (Å²) in [6, 6.07) is 0.432. The van der Waals surface area contributed by atoms with Gasteiger partial charge in [0.05, 0.1) is 18.0 Å². The molecule has 1 aliphatic heterocycles. The Morgan fingerprint density at radius 3 is 3.05 bits per heavy atom. The van der Waals surface area contributed by atoms with Crippen molar-refractivity contribution >= 4 is 0 Å². The highest BCUT2D eigenvalue weighted by Crippen LogP contribution is 2.14. The molecule has 5 heteroatoms. The summed E-state index contributed by atoms with van der Waals surface area (Å²) in [6.07, 6.45) is 7.07. The minimum atomic E-state index is 0.202. The molecule has 1 fully saturated rings. The van der Waals surface area contributed by atoms with Gasteiger partial charge >= 0.3 is 0 Å². The van der Waals surface area contributed by atoms with Crippen LogP contribution in [0.4, 0.5) is 0 Å². The van der Waals surface area contributed by atoms with Crippen molar-refractivity contribution < 1.29 is 9.47 Å². The van der Waals surface area contributed by atoms with E-state index in [-0.39, 0.29) is 6.10 Å². The molecule has 1 aliphatic rings. The van der Waals surface area contributed by atoms with Gasteiger partial charge in [-0.1, -0.05) is 13.8 Å². The molecular weight excluding hydrogens is 242 g/mol. The van der Waals surface area contributed by atoms with E-state index in [1.54, 1.807) is 12.4 Å². The molecule has 0 aliphatic carbocycles. The van der Waals surface area contributed by atoms with Gasteiger partial charge in [-0.15, -0.1) is 0 Å². The van der Waals surface area contributed by atoms with Crippen LogP contribution in [0.2, 0.25) is 0 Å². The lowest BCUT2D eigenvalue weighted by molar-refractivity contribution is -0.0120. The zero-order chi connectivity index (χ0) is 13.5. The zero-order valence-corrected chi connectivity index (χ0v) is 11.8. The molecule has 5 nitrogen and oxygen atoms in total. The summed E-state index contributed by atoms with van der Waals surface area (Å²) in [6.45, 7) is 6.33. The van der Waals surface area contributed by atoms with Gasteiger partial charge in [-0.05, 0) is 19.3 Å². The van der Waals surface area contributed by atoms with Crippen LogP contribution in [-0.2, 0) is 11.3 Å². The highest BCUT2D eigenvalue weighted by atomic mass is 16.5. The molecule has 19 heavy (non-hydrogen) atoms. The zero-order valence-electron chi connectivity index (χ0n) is 11.8. The monoisotopic (exact) mass is 265 g/mol. The Kier molecular flexibility index (Phi) is 5.54. The summed E-state index contributed by atoms with van der Waals surface area (Å²) in [5.74, 6) is 0.581. The largest absolute Gasteiger partial charge is 0.474 e. The third-order valence-corrected chi connectivity index (χ3v) is 3.04. The Morgan fingerprint density at radius 1 is 1.42 bits per heavy atom. The minimum Gasteiger partial charge on any atom is -0.474 e. The molecule has 1 aromatic heterocycles. The Balaban J connectivity index is 1.80. The first-order valence-electron chi connectivity index (χ1n) is 7.03. The number of aromatic nitrogens is 2. The molecule has 0 amide bonds. The number of nitrogens with zero attached hydrogens (tertiary/aromatic N) is 2. The molecule has 1 N–H and O–H groups in total. The van der Waals surface area contributed by atoms with Gasteiger partial charge in [-0.2, -0.15) is 0 Å². The lowest BCUT2D eigenvalue weighted by Crippen LogP contribution is -2.26. The molecule has 2 heterocycles. The van der Waals surface area contributed by atoms with Gasteiger partial charge in [0.1, 0.15) is 6.61 Å². The molecule has 0 bridgehead atoms. The van der Waals surface area contributed by atoms with E-state index in [1.807, 2.05) is 0 Å². The topological polar surface area (TPSA) is 56.3 Å². The van der Waals surface area contributed by atoms with Crippen LogP contribution in [0.15, 0.2) is 12.4 Å². The maximum atomic E-state index is 5.67. The Hall–Kier alpha value is -1.20. The van der Waals surface area contributed by atoms with Crippen LogP contribution in [0.3, 0.4) is 0 Å². The fraction of sp³-hybridized carbons (Fsp3) is 0.714. The summed E-state index contributed by atoms with van der Waals surface area (Å²) >= 11 is 0. The first-order chi connectivity index (χ1) is 9.24. The van der Waals surface area contributed by atoms with Crippen LogP contribution in [0, 0.1) is 0 Å². The number of rotatable bonds is 6. The number of nitrogens with one attached hydrogen (secondary N) is 1. The molecule has 0 radical (unpaired) electrons. The van der Waals surface area contributed by atoms with Crippen molar-refractivity contribution in [3.63, 3.8) is 0 Å². The lowest BCUT2D eigenvalue weighted by atomic mass is 10.1. The van der Waals surface area contributed by atoms with Gasteiger partial charge < -0.3 is 14.8 Å². The van der Waals surface area contributed by atoms with Gasteiger partial charge in [0.25, 0.3) is 0 Å². The van der Waals surface area contributed by atoms with E-state index >= 15 is 0 Å². The number of hydrogen-bond donors (Lipinski definition) is 1. The van der Waals surface area contributed by atoms with E-state index in [4.69, 9.17) is 9.47 Å². The Morgan fingerprint density at radius 2 is 2.32 bits per heavy atom. The molecule has 0 saturated carbocycles. The standard InChI is InChI=1S/C14H23N3O2/c1-11(2)16-8-12-7-15-9-14(17-12)19-10-13-5-3-4-6-18-13/h7,9,11,13,16H,3-6,8,10H2,1-2H3. The van der Waals surface area contributed by atoms with Crippen molar-refractivity contribution in [2.45, 2.75) is 51.8 Å². The first-order valence-corrected chi connectivity index (χ1v) is 7.03. The quantitative estimate of drug-likeness (QED) is 0.851. The number of hydrogen-bond acceptors (Lipinski definition) is 5. The van der Waals surface area contributed by atoms with E-state index in [2.05, 4.69) is 29.1 Å². The van der Waals surface area contributed by atoms with Crippen LogP contribution < -0.4 is 10.1 Å². The molecule has 1 unspecified atom stereocenters. The second-order valence-electron chi connectivity index (χ2n) is 5.18. The smallest absolute Gasteiger partial charge is 0.232 e. The summed E-state index contributed by atoms with van der Waals surface area (Å²) in [4.78, 5) is 8.58. The molecule has 1 aromatic rings. The molecule has 106 valence electrons. The molecule has 0 aromatic carbocycles. The molecule has 0 spiro atoms. The summed E-state index contributed by atoms with van der Waals surface area (Å²) in [5, 5.41) is 3.31. The summed E-state index contributed by atoms with van der Waals surface area (Å²) < 4.78 is 11.3. The van der Waals surface area contributed by atoms with E-state index in [0.29, 0.717) is 25.1 Å². The average Bonchev–Trinajstić information content (AvgIpc) is 2.44. The van der Waals surface area contributed by atoms with Crippen molar-refractivity contribution in [2.75, 3.05) is 13.2 Å². The van der Waals surface area contributed by atoms with E-state index < -0.39 is 0 Å². The Bertz CT molecular complexity index is 379. The average molecular weight is 265 g/mol. The third-order valence-electron chi connectivity index (χ3n) is 3.04. The van der Waals surface area contributed by atoms with Crippen LogP contribution in [0.25, 0.3) is 0 Å². The van der Waals surface area contributed by atoms with E-state index in [1.165, 1.54) is 6.42 Å². The second kappa shape index (κ2) is 7.40. The summed E-state index contributed by atoms with van der Waals surface area (Å²) in [5.41, 5.74) is 0.899. The Labute approximate surface area is 114 Å². The molecule has 2 rings (SSSR count). The fourth-order valence-corrected chi connectivity index (χ4v) is 1.97. The van der Waals surface area contributed by atoms with Crippen molar-refractivity contribution in [3.8, 4) is 5.88 Å². The first kappa shape index (κ1) is 14.2. The third kappa shape index (κ3) is 5.12. The maximum Gasteiger partial charge on any atom is 0.232 e. The predicted octanol–water partition coefficient (Wildman–Crippen LogP) is 1.92. The van der Waals surface area contributed by atoms with Gasteiger partial charge in [0, 0.05) is 25.4 Å². The van der Waals surface area contributed by atoms with E-state index in [0.717, 1.165) is 25.1 Å². The van der Waals surface area contributed by atoms with Crippen molar-refractivity contribution in [2.24, 2.45) is 0 Å². The van der Waals surface area contributed by atoms with Crippen molar-refractivity contribution in [3.05, 3.63) is 18.1 Å². The van der Waals surface area contributed by atoms with Crippen molar-refractivity contribution in [1.29, 1.82) is 0 Å². The van der Waals surface area contributed by atoms with Crippen LogP contribution in [0.1, 0.15) is 38.8 Å². The molecular formula is C14H23N3O2. The minimum absolute atomic E-state index is 0.202. The molecule has 1 saturated heterocycles. The second-order valence-corrected chi connectivity index (χ2v) is 5.18. The predicted molar refractivity (Wildman–Crippen MR) is 73.1 cm³/mol. The highest BCUT2D eigenvalue weighted by Gasteiger charge is 2.14. The number of ether oxygens (including phenoxy) is 2. The lowest BCUT2D eigenvalue weighted by Gasteiger charge is -2.22. The molecule has 1 atom stereocenters. The van der Waals surface area contributed by atoms with E-state index in [9.17, 15) is 0 Å². The normalized spacial score (nSPS) is 19.6.